The van der Waals surface area contributed by atoms with E-state index in [-0.39, 0.29) is 35.2 Å². The summed E-state index contributed by atoms with van der Waals surface area (Å²) in [6, 6.07) is 17.7. The van der Waals surface area contributed by atoms with Crippen molar-refractivity contribution < 1.29 is 9.21 Å². The van der Waals surface area contributed by atoms with E-state index >= 15 is 0 Å². The maximum Gasteiger partial charge on any atom is 0.266 e. The molecule has 0 aliphatic heterocycles. The molecule has 5 rings (SSSR count). The summed E-state index contributed by atoms with van der Waals surface area (Å²) in [5.41, 5.74) is 3.24. The summed E-state index contributed by atoms with van der Waals surface area (Å²) in [4.78, 5) is 32.7. The van der Waals surface area contributed by atoms with Gasteiger partial charge in [-0.15, -0.1) is 0 Å². The number of benzene rings is 2. The summed E-state index contributed by atoms with van der Waals surface area (Å²) in [5, 5.41) is 5.84. The number of hydrogen-bond acceptors (Lipinski definition) is 6. The van der Waals surface area contributed by atoms with Crippen LogP contribution in [0.4, 0.5) is 5.95 Å². The molecule has 0 bridgehead atoms. The number of amides is 1. The molecule has 1 amide bonds. The molecule has 0 radical (unpaired) electrons. The monoisotopic (exact) mass is 491 g/mol. The zero-order valence-electron chi connectivity index (χ0n) is 19.5. The largest absolute Gasteiger partial charge is 0.437 e. The van der Waals surface area contributed by atoms with E-state index in [4.69, 9.17) is 16.2 Å². The lowest BCUT2D eigenvalue weighted by Crippen LogP contribution is -2.43. The minimum Gasteiger partial charge on any atom is -0.437 e. The zero-order valence-corrected chi connectivity index (χ0v) is 20.3. The Balaban J connectivity index is 1.66. The smallest absolute Gasteiger partial charge is 0.266 e. The Morgan fingerprint density at radius 2 is 1.83 bits per heavy atom. The van der Waals surface area contributed by atoms with Crippen molar-refractivity contribution in [2.45, 2.75) is 24.8 Å². The molecular weight excluding hydrogens is 466 g/mol. The van der Waals surface area contributed by atoms with Crippen LogP contribution in [0, 0.1) is 0 Å². The number of fused-ring (bicyclic) bond motifs is 1. The Morgan fingerprint density at radius 1 is 1.11 bits per heavy atom. The Morgan fingerprint density at radius 3 is 2.43 bits per heavy atom. The highest BCUT2D eigenvalue weighted by atomic mass is 35.5. The van der Waals surface area contributed by atoms with Crippen molar-refractivity contribution in [1.82, 2.24) is 19.7 Å². The quantitative estimate of drug-likeness (QED) is 0.336. The Kier molecular flexibility index (Phi) is 6.08. The number of rotatable bonds is 7. The number of furan rings is 1. The van der Waals surface area contributed by atoms with E-state index in [1.807, 2.05) is 54.6 Å². The highest BCUT2D eigenvalue weighted by Crippen LogP contribution is 2.43. The van der Waals surface area contributed by atoms with Gasteiger partial charge >= 0.3 is 0 Å². The van der Waals surface area contributed by atoms with Gasteiger partial charge in [-0.2, -0.15) is 4.98 Å². The third kappa shape index (κ3) is 3.98. The average Bonchev–Trinajstić information content (AvgIpc) is 3.25. The van der Waals surface area contributed by atoms with Gasteiger partial charge in [-0.3, -0.25) is 14.2 Å². The lowest BCUT2D eigenvalue weighted by Gasteiger charge is -2.41. The van der Waals surface area contributed by atoms with Crippen molar-refractivity contribution in [3.63, 3.8) is 0 Å². The molecule has 2 aromatic heterocycles. The molecule has 0 spiro atoms. The Labute approximate surface area is 207 Å². The van der Waals surface area contributed by atoms with Crippen LogP contribution in [0.5, 0.6) is 0 Å². The number of aromatic nitrogens is 2. The normalized spacial score (nSPS) is 14.5. The fraction of sp³-hybridized carbons (Fsp3) is 0.269. The van der Waals surface area contributed by atoms with E-state index in [2.05, 4.69) is 20.5 Å². The number of nitrogens with one attached hydrogen (secondary N) is 3. The van der Waals surface area contributed by atoms with Gasteiger partial charge in [0.05, 0.1) is 12.1 Å². The molecule has 3 N–H and O–H groups in total. The molecule has 1 aliphatic rings. The van der Waals surface area contributed by atoms with E-state index in [0.717, 1.165) is 36.0 Å². The van der Waals surface area contributed by atoms with Gasteiger partial charge in [0, 0.05) is 25.2 Å². The number of hydrogen-bond donors (Lipinski definition) is 3. The van der Waals surface area contributed by atoms with E-state index in [1.165, 1.54) is 4.57 Å². The molecule has 2 aromatic carbocycles. The summed E-state index contributed by atoms with van der Waals surface area (Å²) in [7, 11) is 3.17. The summed E-state index contributed by atoms with van der Waals surface area (Å²) in [6.07, 6.45) is 3.11. The molecule has 0 atom stereocenters. The van der Waals surface area contributed by atoms with Gasteiger partial charge < -0.3 is 15.1 Å². The van der Waals surface area contributed by atoms with Crippen molar-refractivity contribution in [3.8, 4) is 22.5 Å². The van der Waals surface area contributed by atoms with Crippen LogP contribution in [0.25, 0.3) is 33.6 Å². The van der Waals surface area contributed by atoms with Gasteiger partial charge in [0.25, 0.3) is 5.56 Å². The molecule has 0 unspecified atom stereocenters. The van der Waals surface area contributed by atoms with Crippen LogP contribution >= 0.6 is 11.8 Å². The molecule has 4 aromatic rings. The van der Waals surface area contributed by atoms with E-state index in [0.29, 0.717) is 16.7 Å². The van der Waals surface area contributed by atoms with Crippen LogP contribution in [0.15, 0.2) is 63.8 Å². The van der Waals surface area contributed by atoms with E-state index in [1.54, 1.807) is 14.1 Å². The van der Waals surface area contributed by atoms with Gasteiger partial charge in [-0.05, 0) is 42.2 Å². The molecular formula is C26H26ClN5O3. The number of anilines is 1. The van der Waals surface area contributed by atoms with E-state index < -0.39 is 0 Å². The van der Waals surface area contributed by atoms with Crippen LogP contribution in [0.3, 0.4) is 0 Å². The van der Waals surface area contributed by atoms with Crippen molar-refractivity contribution in [2.24, 2.45) is 7.05 Å². The minimum atomic E-state index is -0.264. The highest BCUT2D eigenvalue weighted by molar-refractivity contribution is 6.14. The molecule has 1 aliphatic carbocycles. The standard InChI is InChI=1S/C26H26ClN5O3/c1-28-19(33)15-29-25-30-23-21(24(34)32(25)2)20(16-7-4-3-5-8-16)22(35-23)17-9-11-18(12-10-17)26(31-27)13-6-14-26/h3-5,7-12,31H,6,13-15H2,1-2H3,(H,28,33)(H,29,30). The minimum absolute atomic E-state index is 0.0147. The molecule has 1 saturated carbocycles. The van der Waals surface area contributed by atoms with Crippen molar-refractivity contribution in [2.75, 3.05) is 18.9 Å². The predicted octanol–water partition coefficient (Wildman–Crippen LogP) is 4.14. The molecule has 0 saturated heterocycles. The lowest BCUT2D eigenvalue weighted by molar-refractivity contribution is -0.118. The first-order valence-electron chi connectivity index (χ1n) is 11.5. The van der Waals surface area contributed by atoms with Crippen molar-refractivity contribution >= 4 is 34.7 Å². The lowest BCUT2D eigenvalue weighted by atomic mass is 9.72. The second-order valence-electron chi connectivity index (χ2n) is 8.79. The number of likely N-dealkylation sites (N-methyl/N-ethyl adjacent to an activating group) is 1. The number of carbonyl (C=O) groups excluding carboxylic acids is 1. The summed E-state index contributed by atoms with van der Waals surface area (Å²) >= 11 is 6.07. The second kappa shape index (κ2) is 9.20. The fourth-order valence-electron chi connectivity index (χ4n) is 4.53. The van der Waals surface area contributed by atoms with Crippen molar-refractivity contribution in [1.29, 1.82) is 0 Å². The van der Waals surface area contributed by atoms with Crippen LogP contribution in [0.1, 0.15) is 24.8 Å². The number of nitrogens with zero attached hydrogens (tertiary/aromatic N) is 2. The number of carbonyl (C=O) groups is 1. The second-order valence-corrected chi connectivity index (χ2v) is 8.98. The van der Waals surface area contributed by atoms with Gasteiger partial charge in [-0.25, -0.2) is 4.84 Å². The van der Waals surface area contributed by atoms with Crippen molar-refractivity contribution in [3.05, 3.63) is 70.5 Å². The average molecular weight is 492 g/mol. The molecule has 2 heterocycles. The van der Waals surface area contributed by atoms with Gasteiger partial charge in [-0.1, -0.05) is 54.6 Å². The maximum atomic E-state index is 13.5. The highest BCUT2D eigenvalue weighted by Gasteiger charge is 2.38. The molecule has 9 heteroatoms. The topological polar surface area (TPSA) is 101 Å². The van der Waals surface area contributed by atoms with Gasteiger partial charge in [0.15, 0.2) is 0 Å². The van der Waals surface area contributed by atoms with Crippen LogP contribution in [-0.4, -0.2) is 29.1 Å². The van der Waals surface area contributed by atoms with E-state index in [9.17, 15) is 9.59 Å². The first-order valence-corrected chi connectivity index (χ1v) is 11.9. The summed E-state index contributed by atoms with van der Waals surface area (Å²) < 4.78 is 7.63. The third-order valence-electron chi connectivity index (χ3n) is 6.77. The van der Waals surface area contributed by atoms with Gasteiger partial charge in [0.1, 0.15) is 11.1 Å². The maximum absolute atomic E-state index is 13.5. The summed E-state index contributed by atoms with van der Waals surface area (Å²) in [5.74, 6) is 0.592. The Bertz CT molecular complexity index is 1430. The molecule has 8 nitrogen and oxygen atoms in total. The predicted molar refractivity (Wildman–Crippen MR) is 137 cm³/mol. The first kappa shape index (κ1) is 23.1. The Hall–Kier alpha value is -3.62. The van der Waals surface area contributed by atoms with Crippen LogP contribution in [0.2, 0.25) is 0 Å². The summed E-state index contributed by atoms with van der Waals surface area (Å²) in [6.45, 7) is -0.0147. The molecule has 35 heavy (non-hydrogen) atoms. The van der Waals surface area contributed by atoms with Gasteiger partial charge in [0.2, 0.25) is 17.6 Å². The third-order valence-corrected chi connectivity index (χ3v) is 7.13. The molecule has 180 valence electrons. The van der Waals surface area contributed by atoms with Crippen LogP contribution in [-0.2, 0) is 17.4 Å². The first-order chi connectivity index (χ1) is 17.0. The van der Waals surface area contributed by atoms with Crippen LogP contribution < -0.4 is 21.0 Å². The SMILES string of the molecule is CNC(=O)CNc1nc2oc(-c3ccc(C4(NCl)CCC4)cc3)c(-c3ccccc3)c2c(=O)n1C. The number of halogens is 1. The fourth-order valence-corrected chi connectivity index (χ4v) is 4.83. The molecule has 1 fully saturated rings. The zero-order chi connectivity index (χ0) is 24.6.